The molecule has 0 radical (unpaired) electrons. The van der Waals surface area contributed by atoms with Crippen molar-refractivity contribution in [2.75, 3.05) is 18.0 Å². The number of carbonyl (C=O) groups is 2. The highest BCUT2D eigenvalue weighted by molar-refractivity contribution is 6.19. The Kier molecular flexibility index (Phi) is 4.65. The lowest BCUT2D eigenvalue weighted by atomic mass is 9.93. The smallest absolute Gasteiger partial charge is 0.370 e. The fourth-order valence-corrected chi connectivity index (χ4v) is 3.31. The molecule has 0 unspecified atom stereocenters. The molecule has 0 spiro atoms. The molecule has 3 rings (SSSR count). The molecule has 0 aliphatic carbocycles. The Morgan fingerprint density at radius 1 is 0.778 bits per heavy atom. The fourth-order valence-electron chi connectivity index (χ4n) is 3.31. The zero-order chi connectivity index (χ0) is 20.0. The Labute approximate surface area is 149 Å². The second-order valence-corrected chi connectivity index (χ2v) is 6.21. The standard InChI is InChI=1S/C18H13F6NO2/c19-17(20,21)15(26)12-9-13(16(27)18(22,23)24)14(25-7-3-4-8-25)11-6-2-1-5-10(11)12/h1-2,5-6,9H,3-4,7-8H2. The minimum atomic E-state index is -5.28. The topological polar surface area (TPSA) is 37.4 Å². The van der Waals surface area contributed by atoms with Crippen molar-refractivity contribution in [2.45, 2.75) is 25.2 Å². The van der Waals surface area contributed by atoms with Crippen molar-refractivity contribution in [1.29, 1.82) is 0 Å². The zero-order valence-corrected chi connectivity index (χ0v) is 13.7. The van der Waals surface area contributed by atoms with E-state index in [0.29, 0.717) is 32.0 Å². The molecule has 3 nitrogen and oxygen atoms in total. The van der Waals surface area contributed by atoms with Gasteiger partial charge in [-0.25, -0.2) is 0 Å². The molecule has 0 amide bonds. The van der Waals surface area contributed by atoms with Crippen LogP contribution in [0.2, 0.25) is 0 Å². The van der Waals surface area contributed by atoms with Gasteiger partial charge in [0.1, 0.15) is 0 Å². The number of nitrogens with zero attached hydrogens (tertiary/aromatic N) is 1. The predicted octanol–water partition coefficient (Wildman–Crippen LogP) is 4.93. The van der Waals surface area contributed by atoms with Crippen LogP contribution < -0.4 is 4.90 Å². The van der Waals surface area contributed by atoms with Crippen molar-refractivity contribution in [2.24, 2.45) is 0 Å². The molecule has 1 aliphatic heterocycles. The van der Waals surface area contributed by atoms with Crippen LogP contribution in [0, 0.1) is 0 Å². The summed E-state index contributed by atoms with van der Waals surface area (Å²) in [7, 11) is 0. The summed E-state index contributed by atoms with van der Waals surface area (Å²) in [6, 6.07) is 5.81. The normalized spacial score (nSPS) is 15.4. The van der Waals surface area contributed by atoms with Crippen LogP contribution in [-0.4, -0.2) is 37.0 Å². The molecule has 1 saturated heterocycles. The molecular formula is C18H13F6NO2. The van der Waals surface area contributed by atoms with Crippen molar-refractivity contribution < 1.29 is 35.9 Å². The van der Waals surface area contributed by atoms with E-state index in [1.54, 1.807) is 4.90 Å². The molecule has 2 aromatic rings. The lowest BCUT2D eigenvalue weighted by Crippen LogP contribution is -2.29. The number of carbonyl (C=O) groups excluding carboxylic acids is 2. The molecule has 9 heteroatoms. The Balaban J connectivity index is 2.38. The average molecular weight is 389 g/mol. The van der Waals surface area contributed by atoms with Gasteiger partial charge in [-0.3, -0.25) is 9.59 Å². The van der Waals surface area contributed by atoms with Crippen molar-refractivity contribution in [3.8, 4) is 0 Å². The highest BCUT2D eigenvalue weighted by Crippen LogP contribution is 2.39. The number of ketones is 2. The maximum atomic E-state index is 13.1. The number of rotatable bonds is 3. The van der Waals surface area contributed by atoms with E-state index in [-0.39, 0.29) is 16.5 Å². The van der Waals surface area contributed by atoms with Crippen LogP contribution in [-0.2, 0) is 0 Å². The number of hydrogen-bond donors (Lipinski definition) is 0. The SMILES string of the molecule is O=C(c1cc(C(=O)C(F)(F)F)c2ccccc2c1N1CCCC1)C(F)(F)F. The summed E-state index contributed by atoms with van der Waals surface area (Å²) in [5.74, 6) is -4.56. The summed E-state index contributed by atoms with van der Waals surface area (Å²) in [6.45, 7) is 0.739. The predicted molar refractivity (Wildman–Crippen MR) is 86.2 cm³/mol. The third-order valence-electron chi connectivity index (χ3n) is 4.44. The second kappa shape index (κ2) is 6.54. The van der Waals surface area contributed by atoms with E-state index in [4.69, 9.17) is 0 Å². The third-order valence-corrected chi connectivity index (χ3v) is 4.44. The van der Waals surface area contributed by atoms with Crippen LogP contribution >= 0.6 is 0 Å². The summed E-state index contributed by atoms with van der Waals surface area (Å²) < 4.78 is 78.2. The van der Waals surface area contributed by atoms with E-state index in [0.717, 1.165) is 0 Å². The van der Waals surface area contributed by atoms with Crippen LogP contribution in [0.1, 0.15) is 33.6 Å². The van der Waals surface area contributed by atoms with Gasteiger partial charge >= 0.3 is 12.4 Å². The number of Topliss-reactive ketones (excluding diaryl/α,β-unsaturated/α-hetero) is 2. The Morgan fingerprint density at radius 3 is 1.78 bits per heavy atom. The van der Waals surface area contributed by atoms with Gasteiger partial charge in [0.25, 0.3) is 11.6 Å². The van der Waals surface area contributed by atoms with E-state index in [1.807, 2.05) is 0 Å². The summed E-state index contributed by atoms with van der Waals surface area (Å²) in [5, 5.41) is -0.123. The van der Waals surface area contributed by atoms with Crippen LogP contribution in [0.3, 0.4) is 0 Å². The average Bonchev–Trinajstić information content (AvgIpc) is 3.11. The molecule has 1 heterocycles. The number of anilines is 1. The summed E-state index contributed by atoms with van der Waals surface area (Å²) >= 11 is 0. The van der Waals surface area contributed by atoms with Gasteiger partial charge in [0.15, 0.2) is 0 Å². The molecule has 2 aromatic carbocycles. The highest BCUT2D eigenvalue weighted by atomic mass is 19.4. The zero-order valence-electron chi connectivity index (χ0n) is 13.7. The molecule has 1 fully saturated rings. The molecule has 1 aliphatic rings. The maximum absolute atomic E-state index is 13.1. The lowest BCUT2D eigenvalue weighted by Gasteiger charge is -2.25. The highest BCUT2D eigenvalue weighted by Gasteiger charge is 2.44. The molecule has 0 bridgehead atoms. The molecular weight excluding hydrogens is 376 g/mol. The molecule has 27 heavy (non-hydrogen) atoms. The molecule has 144 valence electrons. The molecule has 0 atom stereocenters. The van der Waals surface area contributed by atoms with Gasteiger partial charge in [-0.2, -0.15) is 26.3 Å². The van der Waals surface area contributed by atoms with E-state index in [2.05, 4.69) is 0 Å². The van der Waals surface area contributed by atoms with Gasteiger partial charge in [-0.1, -0.05) is 24.3 Å². The number of alkyl halides is 6. The van der Waals surface area contributed by atoms with E-state index >= 15 is 0 Å². The van der Waals surface area contributed by atoms with Gasteiger partial charge in [0.05, 0.1) is 11.3 Å². The van der Waals surface area contributed by atoms with Gasteiger partial charge in [0, 0.05) is 24.0 Å². The Hall–Kier alpha value is -2.58. The molecule has 0 aromatic heterocycles. The number of halogens is 6. The minimum absolute atomic E-state index is 0.0158. The van der Waals surface area contributed by atoms with Gasteiger partial charge in [0.2, 0.25) is 0 Å². The maximum Gasteiger partial charge on any atom is 0.454 e. The fraction of sp³-hybridized carbons (Fsp3) is 0.333. The first-order valence-corrected chi connectivity index (χ1v) is 8.05. The number of benzene rings is 2. The van der Waals surface area contributed by atoms with Crippen LogP contribution in [0.25, 0.3) is 10.8 Å². The van der Waals surface area contributed by atoms with Crippen LogP contribution in [0.15, 0.2) is 30.3 Å². The minimum Gasteiger partial charge on any atom is -0.370 e. The Morgan fingerprint density at radius 2 is 1.26 bits per heavy atom. The lowest BCUT2D eigenvalue weighted by molar-refractivity contribution is -0.0886. The second-order valence-electron chi connectivity index (χ2n) is 6.21. The monoisotopic (exact) mass is 389 g/mol. The van der Waals surface area contributed by atoms with E-state index in [9.17, 15) is 35.9 Å². The first-order chi connectivity index (χ1) is 12.5. The third kappa shape index (κ3) is 3.50. The first kappa shape index (κ1) is 19.2. The van der Waals surface area contributed by atoms with E-state index < -0.39 is 35.0 Å². The van der Waals surface area contributed by atoms with Crippen LogP contribution in [0.4, 0.5) is 32.0 Å². The summed E-state index contributed by atoms with van der Waals surface area (Å²) in [5.41, 5.74) is -1.98. The number of fused-ring (bicyclic) bond motifs is 1. The quantitative estimate of drug-likeness (QED) is 0.552. The van der Waals surface area contributed by atoms with Crippen molar-refractivity contribution in [3.05, 3.63) is 41.5 Å². The Bertz CT molecular complexity index is 910. The first-order valence-electron chi connectivity index (χ1n) is 8.05. The van der Waals surface area contributed by atoms with Gasteiger partial charge in [-0.05, 0) is 24.3 Å². The van der Waals surface area contributed by atoms with Gasteiger partial charge in [-0.15, -0.1) is 0 Å². The summed E-state index contributed by atoms with van der Waals surface area (Å²) in [4.78, 5) is 25.3. The van der Waals surface area contributed by atoms with Crippen molar-refractivity contribution in [3.63, 3.8) is 0 Å². The van der Waals surface area contributed by atoms with Gasteiger partial charge < -0.3 is 4.90 Å². The summed E-state index contributed by atoms with van der Waals surface area (Å²) in [6.07, 6.45) is -9.21. The van der Waals surface area contributed by atoms with Crippen molar-refractivity contribution in [1.82, 2.24) is 0 Å². The van der Waals surface area contributed by atoms with Crippen LogP contribution in [0.5, 0.6) is 0 Å². The van der Waals surface area contributed by atoms with Crippen molar-refractivity contribution >= 4 is 28.0 Å². The number of hydrogen-bond acceptors (Lipinski definition) is 3. The molecule has 0 N–H and O–H groups in total. The largest absolute Gasteiger partial charge is 0.454 e. The van der Waals surface area contributed by atoms with E-state index in [1.165, 1.54) is 24.3 Å². The molecule has 0 saturated carbocycles.